The van der Waals surface area contributed by atoms with Gasteiger partial charge in [0.15, 0.2) is 0 Å². The fourth-order valence-electron chi connectivity index (χ4n) is 1.22. The molecule has 6 heteroatoms. The molecule has 1 heterocycles. The van der Waals surface area contributed by atoms with Crippen molar-refractivity contribution < 1.29 is 0 Å². The lowest BCUT2D eigenvalue weighted by Crippen LogP contribution is -2.12. The number of nitrogens with one attached hydrogen (secondary N) is 2. The number of hydrogen-bond donors (Lipinski definition) is 2. The standard InChI is InChI=1S/C10H14BrIN4/c1-3-14-9(11)7(5-13)4-8-10(12)16(2)6-15-8/h5-6,13-14H,3-4H2,1-2H3/b9-7-,13-5?. The van der Waals surface area contributed by atoms with Gasteiger partial charge in [0, 0.05) is 31.8 Å². The number of imidazole rings is 1. The molecule has 0 aliphatic heterocycles. The van der Waals surface area contributed by atoms with Crippen LogP contribution in [0.25, 0.3) is 0 Å². The second kappa shape index (κ2) is 6.39. The van der Waals surface area contributed by atoms with Gasteiger partial charge in [0.1, 0.15) is 3.70 Å². The number of hydrogen-bond acceptors (Lipinski definition) is 3. The Balaban J connectivity index is 2.90. The molecule has 1 rings (SSSR count). The Morgan fingerprint density at radius 2 is 2.44 bits per heavy atom. The van der Waals surface area contributed by atoms with Crippen LogP contribution in [-0.2, 0) is 13.5 Å². The zero-order valence-electron chi connectivity index (χ0n) is 9.22. The van der Waals surface area contributed by atoms with Gasteiger partial charge in [-0.25, -0.2) is 4.98 Å². The van der Waals surface area contributed by atoms with Gasteiger partial charge in [-0.15, -0.1) is 0 Å². The summed E-state index contributed by atoms with van der Waals surface area (Å²) in [5.74, 6) is 0. The molecule has 0 saturated carbocycles. The minimum atomic E-state index is 0.663. The largest absolute Gasteiger partial charge is 0.379 e. The van der Waals surface area contributed by atoms with Crippen molar-refractivity contribution in [3.63, 3.8) is 0 Å². The minimum absolute atomic E-state index is 0.663. The van der Waals surface area contributed by atoms with E-state index in [2.05, 4.69) is 48.8 Å². The van der Waals surface area contributed by atoms with E-state index in [0.29, 0.717) is 6.42 Å². The Hall–Kier alpha value is -0.370. The maximum Gasteiger partial charge on any atom is 0.103 e. The molecule has 0 aromatic carbocycles. The van der Waals surface area contributed by atoms with Gasteiger partial charge in [0.25, 0.3) is 0 Å². The Labute approximate surface area is 117 Å². The van der Waals surface area contributed by atoms with Crippen molar-refractivity contribution in [2.24, 2.45) is 7.05 Å². The van der Waals surface area contributed by atoms with Gasteiger partial charge in [-0.05, 0) is 45.4 Å². The number of rotatable bonds is 5. The van der Waals surface area contributed by atoms with Crippen LogP contribution in [0.5, 0.6) is 0 Å². The van der Waals surface area contributed by atoms with Gasteiger partial charge in [-0.2, -0.15) is 0 Å². The Bertz CT molecular complexity index is 411. The monoisotopic (exact) mass is 396 g/mol. The van der Waals surface area contributed by atoms with Crippen molar-refractivity contribution in [1.82, 2.24) is 14.9 Å². The highest BCUT2D eigenvalue weighted by Crippen LogP contribution is 2.16. The van der Waals surface area contributed by atoms with Crippen LogP contribution >= 0.6 is 38.5 Å². The average Bonchev–Trinajstić information content (AvgIpc) is 2.57. The molecule has 0 saturated heterocycles. The Kier molecular flexibility index (Phi) is 5.47. The van der Waals surface area contributed by atoms with Gasteiger partial charge < -0.3 is 15.3 Å². The quantitative estimate of drug-likeness (QED) is 0.456. The van der Waals surface area contributed by atoms with Gasteiger partial charge in [0.05, 0.1) is 16.6 Å². The van der Waals surface area contributed by atoms with Crippen molar-refractivity contribution >= 4 is 44.7 Å². The predicted molar refractivity (Wildman–Crippen MR) is 78.0 cm³/mol. The Morgan fingerprint density at radius 1 is 1.75 bits per heavy atom. The second-order valence-corrected chi connectivity index (χ2v) is 5.10. The van der Waals surface area contributed by atoms with Gasteiger partial charge in [-0.1, -0.05) is 0 Å². The van der Waals surface area contributed by atoms with E-state index >= 15 is 0 Å². The Morgan fingerprint density at radius 3 is 2.88 bits per heavy atom. The summed E-state index contributed by atoms with van der Waals surface area (Å²) in [7, 11) is 1.96. The summed E-state index contributed by atoms with van der Waals surface area (Å²) < 4.78 is 3.94. The number of aromatic nitrogens is 2. The van der Waals surface area contributed by atoms with Crippen molar-refractivity contribution in [2.75, 3.05) is 6.54 Å². The van der Waals surface area contributed by atoms with E-state index in [1.165, 1.54) is 6.21 Å². The summed E-state index contributed by atoms with van der Waals surface area (Å²) >= 11 is 5.70. The van der Waals surface area contributed by atoms with E-state index in [-0.39, 0.29) is 0 Å². The molecule has 1 aromatic heterocycles. The van der Waals surface area contributed by atoms with Crippen LogP contribution in [0.15, 0.2) is 16.5 Å². The van der Waals surface area contributed by atoms with Crippen LogP contribution in [0.3, 0.4) is 0 Å². The fourth-order valence-corrected chi connectivity index (χ4v) is 2.21. The molecule has 1 aromatic rings. The second-order valence-electron chi connectivity index (χ2n) is 3.28. The molecule has 0 atom stereocenters. The highest BCUT2D eigenvalue weighted by Gasteiger charge is 2.09. The fraction of sp³-hybridized carbons (Fsp3) is 0.400. The number of aryl methyl sites for hydroxylation is 1. The molecule has 0 spiro atoms. The maximum absolute atomic E-state index is 7.41. The van der Waals surface area contributed by atoms with Crippen LogP contribution < -0.4 is 5.32 Å². The molecule has 0 aliphatic carbocycles. The molecule has 16 heavy (non-hydrogen) atoms. The van der Waals surface area contributed by atoms with Crippen LogP contribution in [-0.4, -0.2) is 22.3 Å². The lowest BCUT2D eigenvalue weighted by Gasteiger charge is -2.06. The molecule has 4 nitrogen and oxygen atoms in total. The van der Waals surface area contributed by atoms with Gasteiger partial charge >= 0.3 is 0 Å². The summed E-state index contributed by atoms with van der Waals surface area (Å²) in [5, 5.41) is 10.6. The number of nitrogens with zero attached hydrogens (tertiary/aromatic N) is 2. The number of allylic oxidation sites excluding steroid dienone is 1. The minimum Gasteiger partial charge on any atom is -0.379 e. The summed E-state index contributed by atoms with van der Waals surface area (Å²) in [6, 6.07) is 0. The topological polar surface area (TPSA) is 53.7 Å². The zero-order chi connectivity index (χ0) is 12.1. The molecule has 0 amide bonds. The van der Waals surface area contributed by atoms with Crippen LogP contribution in [0, 0.1) is 9.11 Å². The first-order valence-corrected chi connectivity index (χ1v) is 6.76. The molecule has 0 radical (unpaired) electrons. The summed E-state index contributed by atoms with van der Waals surface area (Å²) in [6.07, 6.45) is 3.81. The third kappa shape index (κ3) is 3.31. The molecular weight excluding hydrogens is 383 g/mol. The average molecular weight is 397 g/mol. The molecule has 0 aliphatic rings. The van der Waals surface area contributed by atoms with Gasteiger partial charge in [0.2, 0.25) is 0 Å². The summed E-state index contributed by atoms with van der Waals surface area (Å²) in [4.78, 5) is 4.31. The van der Waals surface area contributed by atoms with E-state index in [1.807, 2.05) is 18.5 Å². The van der Waals surface area contributed by atoms with Crippen molar-refractivity contribution in [2.45, 2.75) is 13.3 Å². The van der Waals surface area contributed by atoms with Crippen LogP contribution in [0.4, 0.5) is 0 Å². The van der Waals surface area contributed by atoms with Crippen LogP contribution in [0.2, 0.25) is 0 Å². The van der Waals surface area contributed by atoms with E-state index in [4.69, 9.17) is 5.41 Å². The number of halogens is 2. The van der Waals surface area contributed by atoms with Crippen molar-refractivity contribution in [3.8, 4) is 0 Å². The van der Waals surface area contributed by atoms with E-state index in [1.54, 1.807) is 6.33 Å². The van der Waals surface area contributed by atoms with Gasteiger partial charge in [-0.3, -0.25) is 0 Å². The molecule has 0 bridgehead atoms. The van der Waals surface area contributed by atoms with Crippen molar-refractivity contribution in [3.05, 3.63) is 25.9 Å². The lowest BCUT2D eigenvalue weighted by molar-refractivity contribution is 0.881. The molecule has 0 unspecified atom stereocenters. The molecule has 88 valence electrons. The highest BCUT2D eigenvalue weighted by atomic mass is 127. The van der Waals surface area contributed by atoms with E-state index in [0.717, 1.165) is 26.1 Å². The van der Waals surface area contributed by atoms with Crippen LogP contribution in [0.1, 0.15) is 12.6 Å². The van der Waals surface area contributed by atoms with Crippen molar-refractivity contribution in [1.29, 1.82) is 5.41 Å². The van der Waals surface area contributed by atoms with E-state index < -0.39 is 0 Å². The summed E-state index contributed by atoms with van der Waals surface area (Å²) in [6.45, 7) is 2.85. The molecule has 2 N–H and O–H groups in total. The SMILES string of the molecule is CCN/C(Br)=C(\C=N)Cc1ncn(C)c1I. The normalized spacial score (nSPS) is 12.2. The predicted octanol–water partition coefficient (Wildman–Crippen LogP) is 2.43. The molecular formula is C10H14BrIN4. The third-order valence-electron chi connectivity index (χ3n) is 2.08. The maximum atomic E-state index is 7.41. The zero-order valence-corrected chi connectivity index (χ0v) is 13.0. The highest BCUT2D eigenvalue weighted by molar-refractivity contribution is 14.1. The third-order valence-corrected chi connectivity index (χ3v) is 4.25. The summed E-state index contributed by atoms with van der Waals surface area (Å²) in [5.41, 5.74) is 1.90. The smallest absolute Gasteiger partial charge is 0.103 e. The first-order chi connectivity index (χ1) is 7.60. The first kappa shape index (κ1) is 13.7. The molecule has 0 fully saturated rings. The lowest BCUT2D eigenvalue weighted by atomic mass is 10.2. The van der Waals surface area contributed by atoms with E-state index in [9.17, 15) is 0 Å². The first-order valence-electron chi connectivity index (χ1n) is 4.88.